The Kier molecular flexibility index (Phi) is 6.73. The third-order valence-corrected chi connectivity index (χ3v) is 4.36. The van der Waals surface area contributed by atoms with Crippen LogP contribution in [0.3, 0.4) is 0 Å². The number of hydrogen-bond acceptors (Lipinski definition) is 4. The van der Waals surface area contributed by atoms with Crippen LogP contribution in [0.4, 0.5) is 0 Å². The highest BCUT2D eigenvalue weighted by molar-refractivity contribution is 5.79. The predicted molar refractivity (Wildman–Crippen MR) is 98.1 cm³/mol. The Bertz CT molecular complexity index is 556. The largest absolute Gasteiger partial charge is 0.493 e. The van der Waals surface area contributed by atoms with Crippen LogP contribution in [-0.4, -0.2) is 59.3 Å². The molecule has 0 saturated heterocycles. The average molecular weight is 334 g/mol. The molecule has 0 bridgehead atoms. The summed E-state index contributed by atoms with van der Waals surface area (Å²) in [6, 6.07) is 6.26. The van der Waals surface area contributed by atoms with Crippen LogP contribution < -0.4 is 20.1 Å². The number of guanidine groups is 1. The maximum absolute atomic E-state index is 5.43. The first-order chi connectivity index (χ1) is 11.6. The summed E-state index contributed by atoms with van der Waals surface area (Å²) in [6.45, 7) is 1.76. The number of hydrogen-bond donors (Lipinski definition) is 2. The van der Waals surface area contributed by atoms with Gasteiger partial charge in [-0.05, 0) is 50.6 Å². The molecule has 1 unspecified atom stereocenters. The Morgan fingerprint density at radius 2 is 1.92 bits per heavy atom. The van der Waals surface area contributed by atoms with Gasteiger partial charge in [-0.15, -0.1) is 0 Å². The Morgan fingerprint density at radius 1 is 1.21 bits per heavy atom. The summed E-state index contributed by atoms with van der Waals surface area (Å²) in [4.78, 5) is 6.49. The molecule has 0 aromatic heterocycles. The first kappa shape index (κ1) is 18.4. The lowest BCUT2D eigenvalue weighted by Gasteiger charge is -2.26. The lowest BCUT2D eigenvalue weighted by molar-refractivity contribution is 0.295. The molecular formula is C18H30N4O2. The van der Waals surface area contributed by atoms with Crippen molar-refractivity contribution in [2.24, 2.45) is 10.9 Å². The van der Waals surface area contributed by atoms with Crippen LogP contribution in [-0.2, 0) is 0 Å². The zero-order valence-electron chi connectivity index (χ0n) is 15.4. The van der Waals surface area contributed by atoms with Crippen molar-refractivity contribution >= 4 is 5.96 Å². The lowest BCUT2D eigenvalue weighted by Crippen LogP contribution is -2.42. The Hall–Kier alpha value is -1.95. The topological polar surface area (TPSA) is 58.1 Å². The molecule has 2 N–H and O–H groups in total. The molecule has 1 aromatic carbocycles. The van der Waals surface area contributed by atoms with Gasteiger partial charge in [0.05, 0.1) is 20.3 Å². The number of nitrogens with zero attached hydrogens (tertiary/aromatic N) is 2. The molecule has 1 saturated carbocycles. The monoisotopic (exact) mass is 334 g/mol. The van der Waals surface area contributed by atoms with E-state index in [-0.39, 0.29) is 6.04 Å². The summed E-state index contributed by atoms with van der Waals surface area (Å²) in [5, 5.41) is 6.82. The molecule has 0 spiro atoms. The van der Waals surface area contributed by atoms with Crippen LogP contribution in [0.5, 0.6) is 11.5 Å². The molecule has 0 radical (unpaired) electrons. The Labute approximate surface area is 145 Å². The van der Waals surface area contributed by atoms with Crippen LogP contribution in [0.15, 0.2) is 23.2 Å². The van der Waals surface area contributed by atoms with Crippen LogP contribution in [0.1, 0.15) is 24.4 Å². The minimum absolute atomic E-state index is 0.198. The third kappa shape index (κ3) is 5.03. The summed E-state index contributed by atoms with van der Waals surface area (Å²) in [6.07, 6.45) is 2.66. The van der Waals surface area contributed by atoms with Crippen molar-refractivity contribution in [3.63, 3.8) is 0 Å². The van der Waals surface area contributed by atoms with E-state index in [2.05, 4.69) is 40.7 Å². The number of methoxy groups -OCH3 is 2. The molecule has 134 valence electrons. The molecular weight excluding hydrogens is 304 g/mol. The first-order valence-corrected chi connectivity index (χ1v) is 8.42. The Balaban J connectivity index is 2.02. The zero-order chi connectivity index (χ0) is 17.5. The summed E-state index contributed by atoms with van der Waals surface area (Å²) in [5.74, 6) is 3.17. The van der Waals surface area contributed by atoms with Gasteiger partial charge in [-0.3, -0.25) is 4.99 Å². The highest BCUT2D eigenvalue weighted by Gasteiger charge is 2.21. The van der Waals surface area contributed by atoms with E-state index in [4.69, 9.17) is 9.47 Å². The van der Waals surface area contributed by atoms with Crippen molar-refractivity contribution in [2.45, 2.75) is 18.9 Å². The van der Waals surface area contributed by atoms with Crippen LogP contribution >= 0.6 is 0 Å². The SMILES string of the molecule is CN=C(NCC1CC1)NCC(c1ccc(OC)c(OC)c1)N(C)C. The van der Waals surface area contributed by atoms with E-state index in [1.54, 1.807) is 14.2 Å². The molecule has 0 heterocycles. The first-order valence-electron chi connectivity index (χ1n) is 8.42. The maximum Gasteiger partial charge on any atom is 0.191 e. The summed E-state index contributed by atoms with van der Waals surface area (Å²) < 4.78 is 10.7. The molecule has 1 atom stereocenters. The van der Waals surface area contributed by atoms with E-state index in [1.165, 1.54) is 18.4 Å². The number of ether oxygens (including phenoxy) is 2. The van der Waals surface area contributed by atoms with Crippen LogP contribution in [0, 0.1) is 5.92 Å². The molecule has 1 aromatic rings. The predicted octanol–water partition coefficient (Wildman–Crippen LogP) is 1.88. The molecule has 0 aliphatic heterocycles. The van der Waals surface area contributed by atoms with E-state index in [9.17, 15) is 0 Å². The highest BCUT2D eigenvalue weighted by atomic mass is 16.5. The minimum Gasteiger partial charge on any atom is -0.493 e. The molecule has 1 fully saturated rings. The van der Waals surface area contributed by atoms with E-state index < -0.39 is 0 Å². The van der Waals surface area contributed by atoms with Gasteiger partial charge in [0, 0.05) is 20.1 Å². The maximum atomic E-state index is 5.43. The molecule has 6 nitrogen and oxygen atoms in total. The summed E-state index contributed by atoms with van der Waals surface area (Å²) in [5.41, 5.74) is 1.17. The summed E-state index contributed by atoms with van der Waals surface area (Å²) in [7, 11) is 9.27. The van der Waals surface area contributed by atoms with E-state index in [0.29, 0.717) is 0 Å². The lowest BCUT2D eigenvalue weighted by atomic mass is 10.1. The smallest absolute Gasteiger partial charge is 0.191 e. The van der Waals surface area contributed by atoms with Crippen molar-refractivity contribution in [3.8, 4) is 11.5 Å². The number of aliphatic imine (C=N–C) groups is 1. The second kappa shape index (κ2) is 8.78. The summed E-state index contributed by atoms with van der Waals surface area (Å²) >= 11 is 0. The minimum atomic E-state index is 0.198. The fraction of sp³-hybridized carbons (Fsp3) is 0.611. The van der Waals surface area contributed by atoms with Crippen molar-refractivity contribution in [2.75, 3.05) is 48.5 Å². The standard InChI is InChI=1S/C18H30N4O2/c1-19-18(20-11-13-6-7-13)21-12-15(22(2)3)14-8-9-16(23-4)17(10-14)24-5/h8-10,13,15H,6-7,11-12H2,1-5H3,(H2,19,20,21). The average Bonchev–Trinajstić information content (AvgIpc) is 3.41. The van der Waals surface area contributed by atoms with Crippen molar-refractivity contribution in [1.82, 2.24) is 15.5 Å². The van der Waals surface area contributed by atoms with Crippen molar-refractivity contribution in [1.29, 1.82) is 0 Å². The molecule has 6 heteroatoms. The van der Waals surface area contributed by atoms with Crippen molar-refractivity contribution in [3.05, 3.63) is 23.8 Å². The Morgan fingerprint density at radius 3 is 2.46 bits per heavy atom. The van der Waals surface area contributed by atoms with E-state index in [1.807, 2.05) is 19.2 Å². The van der Waals surface area contributed by atoms with Gasteiger partial charge in [-0.2, -0.15) is 0 Å². The van der Waals surface area contributed by atoms with Crippen LogP contribution in [0.2, 0.25) is 0 Å². The van der Waals surface area contributed by atoms with Gasteiger partial charge in [0.15, 0.2) is 17.5 Å². The molecule has 2 rings (SSSR count). The second-order valence-electron chi connectivity index (χ2n) is 6.37. The van der Waals surface area contributed by atoms with Crippen LogP contribution in [0.25, 0.3) is 0 Å². The zero-order valence-corrected chi connectivity index (χ0v) is 15.4. The molecule has 1 aliphatic carbocycles. The highest BCUT2D eigenvalue weighted by Crippen LogP contribution is 2.31. The van der Waals surface area contributed by atoms with Gasteiger partial charge in [-0.25, -0.2) is 0 Å². The van der Waals surface area contributed by atoms with Crippen molar-refractivity contribution < 1.29 is 9.47 Å². The molecule has 24 heavy (non-hydrogen) atoms. The number of nitrogens with one attached hydrogen (secondary N) is 2. The number of rotatable bonds is 8. The molecule has 0 amide bonds. The number of likely N-dealkylation sites (N-methyl/N-ethyl adjacent to an activating group) is 1. The van der Waals surface area contributed by atoms with Gasteiger partial charge in [0.1, 0.15) is 0 Å². The van der Waals surface area contributed by atoms with Gasteiger partial charge in [0.2, 0.25) is 0 Å². The fourth-order valence-corrected chi connectivity index (χ4v) is 2.64. The van der Waals surface area contributed by atoms with E-state index >= 15 is 0 Å². The van der Waals surface area contributed by atoms with Gasteiger partial charge in [0.25, 0.3) is 0 Å². The quantitative estimate of drug-likeness (QED) is 0.561. The van der Waals surface area contributed by atoms with Gasteiger partial charge in [-0.1, -0.05) is 6.07 Å². The van der Waals surface area contributed by atoms with E-state index in [0.717, 1.165) is 36.5 Å². The van der Waals surface area contributed by atoms with Gasteiger partial charge < -0.3 is 25.0 Å². The van der Waals surface area contributed by atoms with Gasteiger partial charge >= 0.3 is 0 Å². The second-order valence-corrected chi connectivity index (χ2v) is 6.37. The molecule has 1 aliphatic rings. The fourth-order valence-electron chi connectivity index (χ4n) is 2.64. The number of benzene rings is 1. The third-order valence-electron chi connectivity index (χ3n) is 4.36. The normalized spacial score (nSPS) is 16.0.